The fraction of sp³-hybridized carbons (Fsp3) is 0.611. The van der Waals surface area contributed by atoms with E-state index in [1.54, 1.807) is 18.1 Å². The summed E-state index contributed by atoms with van der Waals surface area (Å²) < 4.78 is 0. The van der Waals surface area contributed by atoms with Gasteiger partial charge in [-0.3, -0.25) is 9.78 Å². The molecule has 0 spiro atoms. The second-order valence-corrected chi connectivity index (χ2v) is 6.90. The summed E-state index contributed by atoms with van der Waals surface area (Å²) in [4.78, 5) is 32.1. The molecular weight excluding hydrogens is 304 g/mol. The van der Waals surface area contributed by atoms with Crippen molar-refractivity contribution in [1.82, 2.24) is 20.1 Å². The van der Waals surface area contributed by atoms with Gasteiger partial charge in [0.15, 0.2) is 0 Å². The van der Waals surface area contributed by atoms with Crippen LogP contribution in [0.2, 0.25) is 0 Å². The molecule has 0 aliphatic carbocycles. The van der Waals surface area contributed by atoms with Gasteiger partial charge in [-0.05, 0) is 30.4 Å². The molecular formula is C18H28N4O2. The maximum absolute atomic E-state index is 12.2. The van der Waals surface area contributed by atoms with E-state index in [0.29, 0.717) is 24.8 Å². The van der Waals surface area contributed by atoms with Gasteiger partial charge in [-0.15, -0.1) is 0 Å². The smallest absolute Gasteiger partial charge is 0.317 e. The lowest BCUT2D eigenvalue weighted by atomic mass is 9.92. The third-order valence-electron chi connectivity index (χ3n) is 4.40. The van der Waals surface area contributed by atoms with Crippen molar-refractivity contribution in [1.29, 1.82) is 0 Å². The van der Waals surface area contributed by atoms with Crippen LogP contribution >= 0.6 is 0 Å². The third kappa shape index (κ3) is 5.51. The summed E-state index contributed by atoms with van der Waals surface area (Å²) in [5, 5.41) is 2.75. The lowest BCUT2D eigenvalue weighted by Gasteiger charge is -2.35. The number of carbonyl (C=O) groups excluding carboxylic acids is 2. The van der Waals surface area contributed by atoms with Crippen LogP contribution in [-0.4, -0.2) is 59.9 Å². The molecule has 1 aromatic rings. The minimum Gasteiger partial charge on any atom is -0.344 e. The van der Waals surface area contributed by atoms with E-state index in [-0.39, 0.29) is 18.5 Å². The number of likely N-dealkylation sites (N-methyl/N-ethyl adjacent to an activating group) is 1. The lowest BCUT2D eigenvalue weighted by molar-refractivity contribution is -0.128. The van der Waals surface area contributed by atoms with E-state index in [2.05, 4.69) is 24.1 Å². The van der Waals surface area contributed by atoms with E-state index in [9.17, 15) is 9.59 Å². The van der Waals surface area contributed by atoms with Crippen molar-refractivity contribution in [3.63, 3.8) is 0 Å². The molecule has 1 saturated heterocycles. The van der Waals surface area contributed by atoms with Crippen molar-refractivity contribution < 1.29 is 9.59 Å². The molecule has 0 bridgehead atoms. The first-order valence-electron chi connectivity index (χ1n) is 8.62. The SMILES string of the molecule is C[C@@H]1C[C@@H](C)CN(C(=O)NCC(=O)N(C)CCc2ccccn2)C1. The molecule has 1 aliphatic rings. The Morgan fingerprint density at radius 1 is 1.29 bits per heavy atom. The number of hydrogen-bond donors (Lipinski definition) is 1. The van der Waals surface area contributed by atoms with Crippen molar-refractivity contribution in [2.24, 2.45) is 11.8 Å². The maximum Gasteiger partial charge on any atom is 0.317 e. The normalized spacial score (nSPS) is 20.5. The summed E-state index contributed by atoms with van der Waals surface area (Å²) in [5.74, 6) is 0.935. The average molecular weight is 332 g/mol. The Kier molecular flexibility index (Phi) is 6.58. The molecule has 6 nitrogen and oxygen atoms in total. The Labute approximate surface area is 144 Å². The number of piperidine rings is 1. The number of likely N-dealkylation sites (tertiary alicyclic amines) is 1. The molecule has 6 heteroatoms. The monoisotopic (exact) mass is 332 g/mol. The molecule has 0 aromatic carbocycles. The fourth-order valence-electron chi connectivity index (χ4n) is 3.18. The van der Waals surface area contributed by atoms with Crippen LogP contribution < -0.4 is 5.32 Å². The maximum atomic E-state index is 12.2. The number of amides is 3. The predicted molar refractivity (Wildman–Crippen MR) is 93.5 cm³/mol. The zero-order valence-corrected chi connectivity index (χ0v) is 14.9. The van der Waals surface area contributed by atoms with Crippen LogP contribution in [0.15, 0.2) is 24.4 Å². The van der Waals surface area contributed by atoms with E-state index in [1.165, 1.54) is 0 Å². The van der Waals surface area contributed by atoms with Gasteiger partial charge in [0.05, 0.1) is 6.54 Å². The molecule has 0 radical (unpaired) electrons. The number of hydrogen-bond acceptors (Lipinski definition) is 3. The van der Waals surface area contributed by atoms with Crippen molar-refractivity contribution in [3.8, 4) is 0 Å². The molecule has 2 atom stereocenters. The minimum atomic E-state index is -0.139. The van der Waals surface area contributed by atoms with Crippen LogP contribution in [0.5, 0.6) is 0 Å². The Bertz CT molecular complexity index is 539. The third-order valence-corrected chi connectivity index (χ3v) is 4.40. The molecule has 3 amide bonds. The van der Waals surface area contributed by atoms with Crippen LogP contribution in [0.3, 0.4) is 0 Å². The van der Waals surface area contributed by atoms with E-state index in [4.69, 9.17) is 0 Å². The molecule has 2 rings (SSSR count). The minimum absolute atomic E-state index is 0.0385. The molecule has 132 valence electrons. The predicted octanol–water partition coefficient (Wildman–Crippen LogP) is 1.77. The average Bonchev–Trinajstić information content (AvgIpc) is 2.57. The molecule has 1 N–H and O–H groups in total. The van der Waals surface area contributed by atoms with Gasteiger partial charge in [0.1, 0.15) is 0 Å². The highest BCUT2D eigenvalue weighted by molar-refractivity contribution is 5.83. The first-order valence-corrected chi connectivity index (χ1v) is 8.62. The van der Waals surface area contributed by atoms with Crippen LogP contribution in [0.4, 0.5) is 4.79 Å². The summed E-state index contributed by atoms with van der Waals surface area (Å²) in [5.41, 5.74) is 0.956. The number of carbonyl (C=O) groups is 2. The molecule has 1 fully saturated rings. The van der Waals surface area contributed by atoms with Gasteiger partial charge in [-0.25, -0.2) is 4.79 Å². The number of rotatable bonds is 5. The molecule has 24 heavy (non-hydrogen) atoms. The van der Waals surface area contributed by atoms with Gasteiger partial charge in [-0.1, -0.05) is 19.9 Å². The first kappa shape index (κ1) is 18.2. The molecule has 1 aromatic heterocycles. The van der Waals surface area contributed by atoms with E-state index < -0.39 is 0 Å². The van der Waals surface area contributed by atoms with Crippen LogP contribution in [0, 0.1) is 11.8 Å². The standard InChI is InChI=1S/C18H28N4O2/c1-14-10-15(2)13-22(12-14)18(24)20-11-17(23)21(3)9-7-16-6-4-5-8-19-16/h4-6,8,14-15H,7,9-13H2,1-3H3,(H,20,24)/t14-,15-/m1/s1. The highest BCUT2D eigenvalue weighted by atomic mass is 16.2. The van der Waals surface area contributed by atoms with Crippen molar-refractivity contribution >= 4 is 11.9 Å². The second kappa shape index (κ2) is 8.66. The number of urea groups is 1. The topological polar surface area (TPSA) is 65.5 Å². The Morgan fingerprint density at radius 2 is 2.00 bits per heavy atom. The summed E-state index contributed by atoms with van der Waals surface area (Å²) in [6.45, 7) is 6.47. The first-order chi connectivity index (χ1) is 11.5. The number of aromatic nitrogens is 1. The molecule has 0 saturated carbocycles. The molecule has 2 heterocycles. The zero-order chi connectivity index (χ0) is 17.5. The fourth-order valence-corrected chi connectivity index (χ4v) is 3.18. The van der Waals surface area contributed by atoms with Crippen LogP contribution in [-0.2, 0) is 11.2 Å². The van der Waals surface area contributed by atoms with Gasteiger partial charge in [0, 0.05) is 45.0 Å². The van der Waals surface area contributed by atoms with E-state index >= 15 is 0 Å². The van der Waals surface area contributed by atoms with Crippen molar-refractivity contribution in [3.05, 3.63) is 30.1 Å². The molecule has 0 unspecified atom stereocenters. The Morgan fingerprint density at radius 3 is 2.62 bits per heavy atom. The van der Waals surface area contributed by atoms with Crippen LogP contribution in [0.25, 0.3) is 0 Å². The highest BCUT2D eigenvalue weighted by Gasteiger charge is 2.25. The summed E-state index contributed by atoms with van der Waals surface area (Å²) in [6, 6.07) is 5.61. The summed E-state index contributed by atoms with van der Waals surface area (Å²) in [6.07, 6.45) is 3.61. The Balaban J connectivity index is 1.72. The van der Waals surface area contributed by atoms with Crippen molar-refractivity contribution in [2.75, 3.05) is 33.2 Å². The zero-order valence-electron chi connectivity index (χ0n) is 14.9. The highest BCUT2D eigenvalue weighted by Crippen LogP contribution is 2.20. The van der Waals surface area contributed by atoms with E-state index in [1.807, 2.05) is 23.1 Å². The van der Waals surface area contributed by atoms with Gasteiger partial charge in [-0.2, -0.15) is 0 Å². The summed E-state index contributed by atoms with van der Waals surface area (Å²) >= 11 is 0. The van der Waals surface area contributed by atoms with Gasteiger partial charge >= 0.3 is 6.03 Å². The number of nitrogens with one attached hydrogen (secondary N) is 1. The lowest BCUT2D eigenvalue weighted by Crippen LogP contribution is -2.49. The number of nitrogens with zero attached hydrogens (tertiary/aromatic N) is 3. The quantitative estimate of drug-likeness (QED) is 0.894. The molecule has 1 aliphatic heterocycles. The van der Waals surface area contributed by atoms with Gasteiger partial charge in [0.2, 0.25) is 5.91 Å². The second-order valence-electron chi connectivity index (χ2n) is 6.90. The van der Waals surface area contributed by atoms with E-state index in [0.717, 1.165) is 25.2 Å². The summed E-state index contributed by atoms with van der Waals surface area (Å²) in [7, 11) is 1.75. The largest absolute Gasteiger partial charge is 0.344 e. The van der Waals surface area contributed by atoms with Gasteiger partial charge in [0.25, 0.3) is 0 Å². The number of pyridine rings is 1. The van der Waals surface area contributed by atoms with Crippen LogP contribution in [0.1, 0.15) is 26.0 Å². The van der Waals surface area contributed by atoms with Gasteiger partial charge < -0.3 is 15.1 Å². The van der Waals surface area contributed by atoms with Crippen molar-refractivity contribution in [2.45, 2.75) is 26.7 Å². The Hall–Kier alpha value is -2.11.